The fourth-order valence-corrected chi connectivity index (χ4v) is 3.74. The van der Waals surface area contributed by atoms with Gasteiger partial charge >= 0.3 is 5.97 Å². The maximum absolute atomic E-state index is 14.5. The van der Waals surface area contributed by atoms with E-state index in [4.69, 9.17) is 15.2 Å². The summed E-state index contributed by atoms with van der Waals surface area (Å²) in [6.45, 7) is 0.390. The number of aromatic nitrogens is 1. The Labute approximate surface area is 204 Å². The molecule has 1 aromatic heterocycles. The summed E-state index contributed by atoms with van der Waals surface area (Å²) in [7, 11) is 0. The van der Waals surface area contributed by atoms with Crippen LogP contribution in [0.15, 0.2) is 77.7 Å². The van der Waals surface area contributed by atoms with E-state index in [1.54, 1.807) is 30.5 Å². The van der Waals surface area contributed by atoms with Gasteiger partial charge in [0, 0.05) is 17.5 Å². The molecule has 0 amide bonds. The van der Waals surface area contributed by atoms with Gasteiger partial charge in [0.2, 0.25) is 0 Å². The molecule has 35 heavy (non-hydrogen) atoms. The van der Waals surface area contributed by atoms with Crippen molar-refractivity contribution in [2.24, 2.45) is 5.73 Å². The average molecular weight is 495 g/mol. The summed E-state index contributed by atoms with van der Waals surface area (Å²) in [5, 5.41) is 9.48. The predicted molar refractivity (Wildman–Crippen MR) is 129 cm³/mol. The third kappa shape index (κ3) is 5.59. The number of nitrogens with zero attached hydrogens (tertiary/aromatic N) is 1. The van der Waals surface area contributed by atoms with E-state index in [0.29, 0.717) is 17.5 Å². The molecule has 178 valence electrons. The Balaban J connectivity index is 1.64. The van der Waals surface area contributed by atoms with Crippen molar-refractivity contribution in [1.29, 1.82) is 0 Å². The van der Waals surface area contributed by atoms with Gasteiger partial charge in [-0.15, -0.1) is 11.8 Å². The summed E-state index contributed by atoms with van der Waals surface area (Å²) >= 11 is 1.34. The van der Waals surface area contributed by atoms with Crippen molar-refractivity contribution < 1.29 is 28.2 Å². The summed E-state index contributed by atoms with van der Waals surface area (Å²) in [6.07, 6.45) is 1.79. The molecule has 9 heteroatoms. The fourth-order valence-electron chi connectivity index (χ4n) is 3.30. The Morgan fingerprint density at radius 3 is 2.31 bits per heavy atom. The van der Waals surface area contributed by atoms with E-state index in [0.717, 1.165) is 16.7 Å². The van der Waals surface area contributed by atoms with Gasteiger partial charge in [0.1, 0.15) is 17.1 Å². The van der Waals surface area contributed by atoms with Gasteiger partial charge in [-0.3, -0.25) is 0 Å². The number of aromatic carboxylic acids is 1. The monoisotopic (exact) mass is 494 g/mol. The standard InChI is InChI=1S/C26H20F2N2O4S/c1-35-19-8-9-23(20(12-19)26(31)32)34-25-22(28)13-21(27)24(30-25)33-18-7-3-6-17(11-18)16-5-2-4-15(10-16)14-29/h2-13H,14,29H2,1H3,(H,31,32). The van der Waals surface area contributed by atoms with Gasteiger partial charge < -0.3 is 20.3 Å². The second-order valence-electron chi connectivity index (χ2n) is 7.37. The van der Waals surface area contributed by atoms with Crippen LogP contribution in [0.1, 0.15) is 15.9 Å². The van der Waals surface area contributed by atoms with E-state index < -0.39 is 29.4 Å². The van der Waals surface area contributed by atoms with Crippen LogP contribution < -0.4 is 15.2 Å². The lowest BCUT2D eigenvalue weighted by Crippen LogP contribution is -2.03. The van der Waals surface area contributed by atoms with E-state index in [1.807, 2.05) is 30.3 Å². The molecule has 3 N–H and O–H groups in total. The zero-order valence-electron chi connectivity index (χ0n) is 18.5. The molecule has 4 rings (SSSR count). The molecule has 0 saturated heterocycles. The van der Waals surface area contributed by atoms with Gasteiger partial charge in [0.25, 0.3) is 11.8 Å². The first-order chi connectivity index (χ1) is 16.9. The smallest absolute Gasteiger partial charge is 0.339 e. The van der Waals surface area contributed by atoms with Crippen LogP contribution in [0, 0.1) is 11.6 Å². The van der Waals surface area contributed by atoms with E-state index in [9.17, 15) is 18.7 Å². The fraction of sp³-hybridized carbons (Fsp3) is 0.0769. The van der Waals surface area contributed by atoms with Crippen LogP contribution in [0.5, 0.6) is 23.3 Å². The van der Waals surface area contributed by atoms with Crippen LogP contribution in [0.4, 0.5) is 8.78 Å². The van der Waals surface area contributed by atoms with E-state index in [-0.39, 0.29) is 17.1 Å². The number of pyridine rings is 1. The topological polar surface area (TPSA) is 94.7 Å². The molecular formula is C26H20F2N2O4S. The van der Waals surface area contributed by atoms with Crippen LogP contribution >= 0.6 is 11.8 Å². The highest BCUT2D eigenvalue weighted by molar-refractivity contribution is 7.98. The van der Waals surface area contributed by atoms with E-state index in [2.05, 4.69) is 4.98 Å². The number of carboxylic acids is 1. The number of hydrogen-bond acceptors (Lipinski definition) is 6. The number of thioether (sulfide) groups is 1. The zero-order chi connectivity index (χ0) is 24.9. The number of hydrogen-bond donors (Lipinski definition) is 2. The van der Waals surface area contributed by atoms with Gasteiger partial charge in [-0.2, -0.15) is 4.98 Å². The minimum absolute atomic E-state index is 0.138. The number of rotatable bonds is 8. The van der Waals surface area contributed by atoms with Crippen molar-refractivity contribution in [3.8, 4) is 34.4 Å². The van der Waals surface area contributed by atoms with Gasteiger partial charge in [-0.25, -0.2) is 13.6 Å². The third-order valence-electron chi connectivity index (χ3n) is 5.03. The molecule has 0 aliphatic heterocycles. The average Bonchev–Trinajstić information content (AvgIpc) is 2.87. The molecule has 0 spiro atoms. The van der Waals surface area contributed by atoms with E-state index in [1.165, 1.54) is 23.9 Å². The zero-order valence-corrected chi connectivity index (χ0v) is 19.3. The molecule has 0 atom stereocenters. The first kappa shape index (κ1) is 24.2. The highest BCUT2D eigenvalue weighted by Crippen LogP contribution is 2.34. The highest BCUT2D eigenvalue weighted by Gasteiger charge is 2.19. The molecule has 0 aliphatic rings. The summed E-state index contributed by atoms with van der Waals surface area (Å²) < 4.78 is 40.0. The van der Waals surface area contributed by atoms with Crippen LogP contribution in [-0.4, -0.2) is 22.3 Å². The Bertz CT molecular complexity index is 1400. The van der Waals surface area contributed by atoms with Crippen molar-refractivity contribution in [3.05, 3.63) is 95.6 Å². The van der Waals surface area contributed by atoms with Gasteiger partial charge in [-0.1, -0.05) is 30.3 Å². The number of carbonyl (C=O) groups is 1. The Morgan fingerprint density at radius 2 is 1.63 bits per heavy atom. The minimum Gasteiger partial charge on any atom is -0.478 e. The first-order valence-electron chi connectivity index (χ1n) is 10.4. The van der Waals surface area contributed by atoms with Crippen LogP contribution in [-0.2, 0) is 6.54 Å². The Kier molecular flexibility index (Phi) is 7.28. The molecule has 0 fully saturated rings. The molecule has 1 heterocycles. The number of ether oxygens (including phenoxy) is 2. The second kappa shape index (κ2) is 10.5. The summed E-state index contributed by atoms with van der Waals surface area (Å²) in [6, 6.07) is 19.5. The SMILES string of the molecule is CSc1ccc(Oc2nc(Oc3cccc(-c4cccc(CN)c4)c3)c(F)cc2F)c(C(=O)O)c1. The first-order valence-corrected chi connectivity index (χ1v) is 11.6. The van der Waals surface area contributed by atoms with Gasteiger partial charge in [-0.05, 0) is 59.3 Å². The lowest BCUT2D eigenvalue weighted by atomic mass is 10.0. The van der Waals surface area contributed by atoms with Crippen molar-refractivity contribution in [2.75, 3.05) is 6.26 Å². The van der Waals surface area contributed by atoms with E-state index >= 15 is 0 Å². The number of nitrogens with two attached hydrogens (primary N) is 1. The van der Waals surface area contributed by atoms with Crippen molar-refractivity contribution in [3.63, 3.8) is 0 Å². The molecular weight excluding hydrogens is 474 g/mol. The lowest BCUT2D eigenvalue weighted by molar-refractivity contribution is 0.0693. The lowest BCUT2D eigenvalue weighted by Gasteiger charge is -2.12. The van der Waals surface area contributed by atoms with Crippen molar-refractivity contribution in [1.82, 2.24) is 4.98 Å². The molecule has 0 bridgehead atoms. The molecule has 4 aromatic rings. The quantitative estimate of drug-likeness (QED) is 0.270. The summed E-state index contributed by atoms with van der Waals surface area (Å²) in [4.78, 5) is 16.1. The maximum atomic E-state index is 14.5. The third-order valence-corrected chi connectivity index (χ3v) is 5.76. The largest absolute Gasteiger partial charge is 0.478 e. The molecule has 0 saturated carbocycles. The highest BCUT2D eigenvalue weighted by atomic mass is 32.2. The number of benzene rings is 3. The minimum atomic E-state index is -1.26. The van der Waals surface area contributed by atoms with Crippen LogP contribution in [0.25, 0.3) is 11.1 Å². The molecule has 0 unspecified atom stereocenters. The molecule has 6 nitrogen and oxygen atoms in total. The summed E-state index contributed by atoms with van der Waals surface area (Å²) in [5.74, 6) is -4.42. The Morgan fingerprint density at radius 1 is 0.943 bits per heavy atom. The maximum Gasteiger partial charge on any atom is 0.339 e. The number of halogens is 2. The predicted octanol–water partition coefficient (Wildman–Crippen LogP) is 6.49. The Hall–Kier alpha value is -3.95. The number of carboxylic acid groups (broad SMARTS) is 1. The van der Waals surface area contributed by atoms with Gasteiger partial charge in [0.05, 0.1) is 0 Å². The van der Waals surface area contributed by atoms with Crippen molar-refractivity contribution in [2.45, 2.75) is 11.4 Å². The molecule has 3 aromatic carbocycles. The normalized spacial score (nSPS) is 10.7. The van der Waals surface area contributed by atoms with Crippen LogP contribution in [0.2, 0.25) is 0 Å². The van der Waals surface area contributed by atoms with Gasteiger partial charge in [0.15, 0.2) is 11.6 Å². The summed E-state index contributed by atoms with van der Waals surface area (Å²) in [5.41, 5.74) is 8.18. The molecule has 0 radical (unpaired) electrons. The van der Waals surface area contributed by atoms with Crippen molar-refractivity contribution >= 4 is 17.7 Å². The second-order valence-corrected chi connectivity index (χ2v) is 8.25. The molecule has 0 aliphatic carbocycles. The van der Waals surface area contributed by atoms with Crippen LogP contribution in [0.3, 0.4) is 0 Å².